The van der Waals surface area contributed by atoms with Crippen molar-refractivity contribution in [1.82, 2.24) is 14.2 Å². The molecule has 0 bridgehead atoms. The highest BCUT2D eigenvalue weighted by Gasteiger charge is 2.20. The normalized spacial score (nSPS) is 11.4. The first-order valence-corrected chi connectivity index (χ1v) is 30.6. The summed E-state index contributed by atoms with van der Waals surface area (Å²) in [5.41, 5.74) is 3.58. The Hall–Kier alpha value is -5.82. The molecule has 6 aromatic carbocycles. The van der Waals surface area contributed by atoms with Gasteiger partial charge in [0.15, 0.2) is 5.78 Å². The van der Waals surface area contributed by atoms with Crippen LogP contribution in [0.4, 0.5) is 5.69 Å². The number of nitrogens with one attached hydrogen (secondary N) is 4. The average molecular weight is 1120 g/mol. The highest BCUT2D eigenvalue weighted by Crippen LogP contribution is 2.25. The third-order valence-corrected chi connectivity index (χ3v) is 17.1. The number of benzene rings is 6. The number of carbonyl (C=O) groups is 1. The van der Waals surface area contributed by atoms with Crippen LogP contribution in [0.5, 0.6) is 5.75 Å². The molecule has 6 aromatic rings. The highest BCUT2D eigenvalue weighted by molar-refractivity contribution is 7.93. The Morgan fingerprint density at radius 1 is 0.527 bits per heavy atom. The number of methoxy groups -OCH3 is 1. The number of primary sulfonamides is 1. The summed E-state index contributed by atoms with van der Waals surface area (Å²) in [6, 6.07) is 41.4. The summed E-state index contributed by atoms with van der Waals surface area (Å²) in [4.78, 5) is 12.0. The molecular formula is C52H69N5O12S5. The van der Waals surface area contributed by atoms with Gasteiger partial charge < -0.3 is 4.74 Å². The third kappa shape index (κ3) is 22.3. The monoisotopic (exact) mass is 1120 g/mol. The van der Waals surface area contributed by atoms with Crippen LogP contribution in [0.3, 0.4) is 0 Å². The Labute approximate surface area is 439 Å². The van der Waals surface area contributed by atoms with Crippen molar-refractivity contribution in [3.05, 3.63) is 174 Å². The van der Waals surface area contributed by atoms with Crippen LogP contribution in [0, 0.1) is 20.8 Å². The van der Waals surface area contributed by atoms with E-state index < -0.39 is 50.1 Å². The molecule has 0 aliphatic rings. The van der Waals surface area contributed by atoms with Crippen LogP contribution in [0.1, 0.15) is 80.9 Å². The van der Waals surface area contributed by atoms with Crippen molar-refractivity contribution in [2.75, 3.05) is 24.9 Å². The van der Waals surface area contributed by atoms with Crippen LogP contribution in [-0.2, 0) is 50.1 Å². The Morgan fingerprint density at radius 3 is 1.45 bits per heavy atom. The van der Waals surface area contributed by atoms with Gasteiger partial charge in [0.05, 0.1) is 26.7 Å². The van der Waals surface area contributed by atoms with Crippen molar-refractivity contribution in [3.8, 4) is 5.75 Å². The number of para-hydroxylation sites is 2. The van der Waals surface area contributed by atoms with Crippen LogP contribution < -0.4 is 28.8 Å². The molecule has 404 valence electrons. The fraction of sp³-hybridized carbons (Fsp3) is 0.288. The minimum atomic E-state index is -3.66. The van der Waals surface area contributed by atoms with Crippen molar-refractivity contribution >= 4 is 61.6 Å². The molecule has 0 radical (unpaired) electrons. The van der Waals surface area contributed by atoms with Crippen molar-refractivity contribution in [3.63, 3.8) is 0 Å². The molecule has 22 heteroatoms. The van der Waals surface area contributed by atoms with E-state index in [1.165, 1.54) is 44.4 Å². The first-order valence-electron chi connectivity index (χ1n) is 23.2. The van der Waals surface area contributed by atoms with Gasteiger partial charge in [0, 0.05) is 30.4 Å². The van der Waals surface area contributed by atoms with E-state index in [1.54, 1.807) is 131 Å². The molecule has 17 nitrogen and oxygen atoms in total. The van der Waals surface area contributed by atoms with Gasteiger partial charge in [-0.05, 0) is 126 Å². The summed E-state index contributed by atoms with van der Waals surface area (Å²) >= 11 is 0. The lowest BCUT2D eigenvalue weighted by molar-refractivity contribution is 0.101. The van der Waals surface area contributed by atoms with Gasteiger partial charge in [-0.3, -0.25) is 9.52 Å². The van der Waals surface area contributed by atoms with Crippen molar-refractivity contribution in [2.45, 2.75) is 105 Å². The number of rotatable bonds is 18. The van der Waals surface area contributed by atoms with Gasteiger partial charge in [0.1, 0.15) is 10.6 Å². The Balaban J connectivity index is 0.000000318. The molecule has 6 rings (SSSR count). The lowest BCUT2D eigenvalue weighted by Gasteiger charge is -2.11. The Morgan fingerprint density at radius 2 is 0.986 bits per heavy atom. The maximum absolute atomic E-state index is 12.2. The molecule has 0 aliphatic carbocycles. The molecule has 0 saturated carbocycles. The second-order valence-electron chi connectivity index (χ2n) is 16.5. The number of ketones is 1. The number of nitrogens with two attached hydrogens (primary N) is 1. The fourth-order valence-electron chi connectivity index (χ4n) is 6.02. The minimum Gasteiger partial charge on any atom is -0.495 e. The zero-order chi connectivity index (χ0) is 55.8. The first-order chi connectivity index (χ1) is 34.6. The van der Waals surface area contributed by atoms with Gasteiger partial charge >= 0.3 is 0 Å². The standard InChI is InChI=1S/C13H13NO3S.C11H17NO2S.2C10H15NO2S.C8H9NO3S/c1-17-12-9-5-6-10-13(12)18(15,16)14-11-7-3-2-4-8-11;1-3-4-9-12-15(13,14)11-7-5-10(2)6-8-11;1-8(2)11-14(12,13)10-7-5-4-6-9(10)3;1-3-8-11-14(12,13)10-7-5-4-6-9(10)2;1-6(10)7-2-4-8(5-3-7)13(9,11)12/h2-10,14H,1H3;5-8,12H,3-4,9H2,1-2H3;4-8,11H,1-3H3;4-7,11H,3,8H2,1-2H3;2-5H,1H3,(H2,9,11,12). The zero-order valence-electron chi connectivity index (χ0n) is 43.1. The molecule has 0 spiro atoms. The van der Waals surface area contributed by atoms with Crippen LogP contribution in [-0.4, -0.2) is 74.1 Å². The first kappa shape index (κ1) is 64.3. The molecule has 74 heavy (non-hydrogen) atoms. The molecule has 0 heterocycles. The van der Waals surface area contributed by atoms with E-state index in [1.807, 2.05) is 39.0 Å². The molecule has 0 aromatic heterocycles. The highest BCUT2D eigenvalue weighted by atomic mass is 32.2. The number of anilines is 1. The summed E-state index contributed by atoms with van der Waals surface area (Å²) in [5, 5.41) is 4.87. The molecule has 0 unspecified atom stereocenters. The maximum atomic E-state index is 12.2. The number of ether oxygens (including phenoxy) is 1. The summed E-state index contributed by atoms with van der Waals surface area (Å²) in [6.07, 6.45) is 2.65. The lowest BCUT2D eigenvalue weighted by Crippen LogP contribution is -2.30. The number of Topliss-reactive ketones (excluding diaryl/α,β-unsaturated/α-hetero) is 1. The number of unbranched alkanes of at least 4 members (excludes halogenated alkanes) is 1. The van der Waals surface area contributed by atoms with E-state index in [9.17, 15) is 46.9 Å². The molecule has 0 fully saturated rings. The quantitative estimate of drug-likeness (QED) is 0.0401. The van der Waals surface area contributed by atoms with Crippen LogP contribution in [0.2, 0.25) is 0 Å². The molecule has 6 N–H and O–H groups in total. The van der Waals surface area contributed by atoms with Crippen molar-refractivity contribution in [2.24, 2.45) is 5.14 Å². The summed E-state index contributed by atoms with van der Waals surface area (Å²) < 4.78 is 132. The second-order valence-corrected chi connectivity index (χ2v) is 24.9. The topological polar surface area (TPSA) is 271 Å². The van der Waals surface area contributed by atoms with Crippen LogP contribution >= 0.6 is 0 Å². The smallest absolute Gasteiger partial charge is 0.265 e. The Bertz CT molecular complexity index is 3270. The predicted octanol–water partition coefficient (Wildman–Crippen LogP) is 8.47. The number of hydrogen-bond acceptors (Lipinski definition) is 12. The number of sulfonamides is 5. The molecule has 0 aliphatic heterocycles. The van der Waals surface area contributed by atoms with E-state index in [0.29, 0.717) is 44.8 Å². The van der Waals surface area contributed by atoms with Gasteiger partial charge in [-0.2, -0.15) is 0 Å². The third-order valence-electron chi connectivity index (χ3n) is 9.83. The molecule has 0 saturated heterocycles. The molecule has 0 amide bonds. The van der Waals surface area contributed by atoms with E-state index >= 15 is 0 Å². The number of aryl methyl sites for hydroxylation is 3. The summed E-state index contributed by atoms with van der Waals surface area (Å²) in [5.74, 6) is 0.210. The van der Waals surface area contributed by atoms with E-state index in [4.69, 9.17) is 9.88 Å². The van der Waals surface area contributed by atoms with E-state index in [-0.39, 0.29) is 21.6 Å². The van der Waals surface area contributed by atoms with Crippen molar-refractivity contribution < 1.29 is 51.6 Å². The summed E-state index contributed by atoms with van der Waals surface area (Å²) in [7, 11) is -15.8. The van der Waals surface area contributed by atoms with Crippen LogP contribution in [0.15, 0.2) is 176 Å². The molecular weight excluding hydrogens is 1050 g/mol. The minimum absolute atomic E-state index is 0.0116. The fourth-order valence-corrected chi connectivity index (χ4v) is 11.7. The van der Waals surface area contributed by atoms with Crippen LogP contribution in [0.25, 0.3) is 0 Å². The maximum Gasteiger partial charge on any atom is 0.265 e. The van der Waals surface area contributed by atoms with Gasteiger partial charge in [0.25, 0.3) is 10.0 Å². The van der Waals surface area contributed by atoms with Gasteiger partial charge in [-0.15, -0.1) is 0 Å². The van der Waals surface area contributed by atoms with Crippen molar-refractivity contribution in [1.29, 1.82) is 0 Å². The second kappa shape index (κ2) is 30.5. The summed E-state index contributed by atoms with van der Waals surface area (Å²) in [6.45, 7) is 15.5. The lowest BCUT2D eigenvalue weighted by atomic mass is 10.2. The van der Waals surface area contributed by atoms with E-state index in [0.717, 1.165) is 36.0 Å². The molecule has 0 atom stereocenters. The zero-order valence-corrected chi connectivity index (χ0v) is 47.1. The van der Waals surface area contributed by atoms with Gasteiger partial charge in [-0.1, -0.05) is 117 Å². The number of carbonyl (C=O) groups excluding carboxylic acids is 1. The van der Waals surface area contributed by atoms with Gasteiger partial charge in [-0.25, -0.2) is 61.4 Å². The number of hydrogen-bond donors (Lipinski definition) is 5. The average Bonchev–Trinajstić information content (AvgIpc) is 3.34. The SMILES string of the molecule is CC(=O)c1ccc(S(N)(=O)=O)cc1.CCCCNS(=O)(=O)c1ccc(C)cc1.CCCNS(=O)(=O)c1ccccc1C.COc1ccccc1S(=O)(=O)Nc1ccccc1.Cc1ccccc1S(=O)(=O)NC(C)C. The Kier molecular flexibility index (Phi) is 26.5. The largest absolute Gasteiger partial charge is 0.495 e. The predicted molar refractivity (Wildman–Crippen MR) is 293 cm³/mol. The van der Waals surface area contributed by atoms with E-state index in [2.05, 4.69) is 18.9 Å². The van der Waals surface area contributed by atoms with Gasteiger partial charge in [0.2, 0.25) is 40.1 Å².